The lowest BCUT2D eigenvalue weighted by Gasteiger charge is -2.40. The number of epoxide rings is 2. The van der Waals surface area contributed by atoms with E-state index in [1.807, 2.05) is 0 Å². The predicted octanol–water partition coefficient (Wildman–Crippen LogP) is -0.0622. The van der Waals surface area contributed by atoms with Gasteiger partial charge in [0.05, 0.1) is 17.0 Å². The van der Waals surface area contributed by atoms with Crippen molar-refractivity contribution < 1.29 is 78.7 Å². The van der Waals surface area contributed by atoms with E-state index in [4.69, 9.17) is 0 Å². The lowest BCUT2D eigenvalue weighted by molar-refractivity contribution is -0.608. The zero-order valence-corrected chi connectivity index (χ0v) is 21.6. The monoisotopic (exact) mass is 580 g/mol. The van der Waals surface area contributed by atoms with Crippen LogP contribution in [0.25, 0.3) is 0 Å². The molecule has 41 heavy (non-hydrogen) atoms. The fourth-order valence-corrected chi connectivity index (χ4v) is 3.85. The molecule has 4 N–H and O–H groups in total. The van der Waals surface area contributed by atoms with Crippen molar-refractivity contribution in [2.24, 2.45) is 5.92 Å². The summed E-state index contributed by atoms with van der Waals surface area (Å²) in [6, 6.07) is 11.7. The Balaban J connectivity index is 1.55. The van der Waals surface area contributed by atoms with Crippen LogP contribution in [-0.2, 0) is 48.7 Å². The van der Waals surface area contributed by atoms with Crippen molar-refractivity contribution in [1.82, 2.24) is 0 Å². The highest BCUT2D eigenvalue weighted by atomic mass is 17.5. The van der Waals surface area contributed by atoms with Gasteiger partial charge >= 0.3 is 35.5 Å². The second-order valence-corrected chi connectivity index (χ2v) is 9.20. The van der Waals surface area contributed by atoms with E-state index in [9.17, 15) is 39.6 Å². The molecule has 2 aromatic carbocycles. The van der Waals surface area contributed by atoms with E-state index in [1.54, 1.807) is 38.1 Å². The maximum Gasteiger partial charge on any atom is 0.389 e. The van der Waals surface area contributed by atoms with E-state index >= 15 is 0 Å². The Morgan fingerprint density at radius 2 is 1.07 bits per heavy atom. The minimum Gasteiger partial charge on any atom is -0.412 e. The van der Waals surface area contributed by atoms with Gasteiger partial charge in [0, 0.05) is 0 Å². The van der Waals surface area contributed by atoms with Crippen LogP contribution in [0.2, 0.25) is 0 Å². The van der Waals surface area contributed by atoms with Gasteiger partial charge in [0.2, 0.25) is 0 Å². The molecule has 2 fully saturated rings. The number of rotatable bonds is 13. The Kier molecular flexibility index (Phi) is 7.87. The highest BCUT2D eigenvalue weighted by Crippen LogP contribution is 2.53. The number of hydrogen-bond acceptors (Lipinski definition) is 16. The van der Waals surface area contributed by atoms with Gasteiger partial charge in [0.25, 0.3) is 11.6 Å². The van der Waals surface area contributed by atoms with Gasteiger partial charge in [0.1, 0.15) is 0 Å². The first-order valence-corrected chi connectivity index (χ1v) is 11.8. The first kappa shape index (κ1) is 30.0. The number of carbonyl (C=O) groups is 4. The average Bonchev–Trinajstić information content (AvgIpc) is 3.78. The Labute approximate surface area is 230 Å². The van der Waals surface area contributed by atoms with E-state index in [-0.39, 0.29) is 11.1 Å². The van der Waals surface area contributed by atoms with Crippen LogP contribution in [0.4, 0.5) is 0 Å². The summed E-state index contributed by atoms with van der Waals surface area (Å²) in [7, 11) is 0. The molecule has 0 aliphatic carbocycles. The van der Waals surface area contributed by atoms with Crippen molar-refractivity contribution in [1.29, 1.82) is 0 Å². The molecular weight excluding hydrogens is 556 g/mol. The molecule has 0 spiro atoms. The molecule has 4 rings (SSSR count). The van der Waals surface area contributed by atoms with Crippen LogP contribution in [0.15, 0.2) is 48.5 Å². The molecule has 2 saturated heterocycles. The van der Waals surface area contributed by atoms with Gasteiger partial charge in [-0.3, -0.25) is 9.78 Å². The quantitative estimate of drug-likeness (QED) is 0.105. The highest BCUT2D eigenvalue weighted by Gasteiger charge is 2.86. The molecule has 4 atom stereocenters. The number of aryl methyl sites for hydroxylation is 2. The summed E-state index contributed by atoms with van der Waals surface area (Å²) in [6.45, 7) is 4.69. The fraction of sp³-hybridized carbons (Fsp3) is 0.360. The van der Waals surface area contributed by atoms with Gasteiger partial charge in [-0.2, -0.15) is 9.78 Å². The largest absolute Gasteiger partial charge is 0.412 e. The Bertz CT molecular complexity index is 1240. The molecule has 2 heterocycles. The van der Waals surface area contributed by atoms with E-state index in [1.165, 1.54) is 31.2 Å². The van der Waals surface area contributed by atoms with Gasteiger partial charge in [0.15, 0.2) is 0 Å². The zero-order chi connectivity index (χ0) is 30.2. The molecule has 220 valence electrons. The standard InChI is InChI=1S/C25H24O16/c1-4-17(22(30,24(32)20(28)34-24)38-40-36-18(26)15-9-5-13(2)6-10-15)23(31,25(33)21(29)35-25)39-41-37-19(27)16-11-7-14(3)8-12-16/h5-12,17,30-33H,4H2,1-3H3. The van der Waals surface area contributed by atoms with Crippen molar-refractivity contribution >= 4 is 23.9 Å². The lowest BCUT2D eigenvalue weighted by Crippen LogP contribution is -2.67. The van der Waals surface area contributed by atoms with Crippen molar-refractivity contribution in [2.45, 2.75) is 50.3 Å². The lowest BCUT2D eigenvalue weighted by atomic mass is 9.81. The predicted molar refractivity (Wildman–Crippen MR) is 123 cm³/mol. The third-order valence-corrected chi connectivity index (χ3v) is 6.39. The smallest absolute Gasteiger partial charge is 0.389 e. The number of ether oxygens (including phenoxy) is 2. The zero-order valence-electron chi connectivity index (χ0n) is 21.6. The van der Waals surface area contributed by atoms with Gasteiger partial charge in [-0.1, -0.05) is 42.3 Å². The minimum atomic E-state index is -3.62. The SMILES string of the molecule is CCC(C(O)(OOOC(=O)c1ccc(C)cc1)C1(O)OC1=O)C(O)(OOOC(=O)c1ccc(C)cc1)C1(O)OC1=O. The van der Waals surface area contributed by atoms with Crippen LogP contribution in [0, 0.1) is 19.8 Å². The Hall–Kier alpha value is -4.00. The van der Waals surface area contributed by atoms with Crippen LogP contribution in [0.1, 0.15) is 45.2 Å². The summed E-state index contributed by atoms with van der Waals surface area (Å²) in [5, 5.41) is 52.3. The normalized spacial score (nSPS) is 24.7. The van der Waals surface area contributed by atoms with Gasteiger partial charge in [-0.15, -0.1) is 0 Å². The molecule has 0 radical (unpaired) electrons. The number of cyclic esters (lactones) is 2. The van der Waals surface area contributed by atoms with Crippen molar-refractivity contribution in [3.8, 4) is 0 Å². The molecule has 16 heteroatoms. The van der Waals surface area contributed by atoms with Crippen LogP contribution in [-0.4, -0.2) is 67.5 Å². The molecule has 2 aromatic rings. The van der Waals surface area contributed by atoms with Crippen LogP contribution < -0.4 is 0 Å². The first-order valence-electron chi connectivity index (χ1n) is 11.8. The average molecular weight is 580 g/mol. The van der Waals surface area contributed by atoms with Crippen molar-refractivity contribution in [2.75, 3.05) is 0 Å². The summed E-state index contributed by atoms with van der Waals surface area (Å²) >= 11 is 0. The van der Waals surface area contributed by atoms with Crippen LogP contribution in [0.3, 0.4) is 0 Å². The molecule has 4 unspecified atom stereocenters. The summed E-state index contributed by atoms with van der Waals surface area (Å²) in [6.07, 6.45) is -0.657. The summed E-state index contributed by atoms with van der Waals surface area (Å²) in [5.74, 6) is -21.7. The summed E-state index contributed by atoms with van der Waals surface area (Å²) in [5.41, 5.74) is 1.54. The second-order valence-electron chi connectivity index (χ2n) is 9.20. The molecule has 16 nitrogen and oxygen atoms in total. The maximum atomic E-state index is 12.2. The van der Waals surface area contributed by atoms with E-state index in [0.717, 1.165) is 11.1 Å². The highest BCUT2D eigenvalue weighted by molar-refractivity contribution is 5.93. The molecule has 2 aliphatic rings. The summed E-state index contributed by atoms with van der Waals surface area (Å²) in [4.78, 5) is 66.5. The Morgan fingerprint density at radius 1 is 0.756 bits per heavy atom. The molecule has 0 amide bonds. The van der Waals surface area contributed by atoms with Crippen LogP contribution in [0.5, 0.6) is 0 Å². The number of carbonyl (C=O) groups excluding carboxylic acids is 4. The van der Waals surface area contributed by atoms with Crippen molar-refractivity contribution in [3.05, 3.63) is 70.8 Å². The number of benzene rings is 2. The second kappa shape index (κ2) is 10.8. The minimum absolute atomic E-state index is 0.0397. The van der Waals surface area contributed by atoms with E-state index < -0.39 is 59.4 Å². The van der Waals surface area contributed by atoms with Gasteiger partial charge in [-0.25, -0.2) is 19.2 Å². The Morgan fingerprint density at radius 3 is 1.34 bits per heavy atom. The van der Waals surface area contributed by atoms with E-state index in [2.05, 4.69) is 39.1 Å². The van der Waals surface area contributed by atoms with Crippen LogP contribution >= 0.6 is 0 Å². The van der Waals surface area contributed by atoms with Gasteiger partial charge < -0.3 is 29.9 Å². The number of aliphatic hydroxyl groups is 4. The third kappa shape index (κ3) is 5.37. The van der Waals surface area contributed by atoms with Gasteiger partial charge in [-0.05, 0) is 54.6 Å². The maximum absolute atomic E-state index is 12.2. The molecular formula is C25H24O16. The number of hydrogen-bond donors (Lipinski definition) is 4. The first-order chi connectivity index (χ1) is 19.2. The molecule has 2 aliphatic heterocycles. The molecule has 0 saturated carbocycles. The topological polar surface area (TPSA) is 230 Å². The summed E-state index contributed by atoms with van der Waals surface area (Å²) < 4.78 is 8.79. The molecule has 0 bridgehead atoms. The molecule has 0 aromatic heterocycles. The van der Waals surface area contributed by atoms with Crippen molar-refractivity contribution in [3.63, 3.8) is 0 Å². The fourth-order valence-electron chi connectivity index (χ4n) is 3.85. The third-order valence-electron chi connectivity index (χ3n) is 6.39. The van der Waals surface area contributed by atoms with E-state index in [0.29, 0.717) is 0 Å².